The summed E-state index contributed by atoms with van der Waals surface area (Å²) in [7, 11) is 0. The highest BCUT2D eigenvalue weighted by molar-refractivity contribution is 5.78. The fourth-order valence-corrected chi connectivity index (χ4v) is 2.71. The van der Waals surface area contributed by atoms with Crippen molar-refractivity contribution in [3.63, 3.8) is 0 Å². The predicted octanol–water partition coefficient (Wildman–Crippen LogP) is 0.673. The van der Waals surface area contributed by atoms with Crippen molar-refractivity contribution in [1.29, 1.82) is 0 Å². The topological polar surface area (TPSA) is 64.3 Å². The number of aryl methyl sites for hydroxylation is 2. The van der Waals surface area contributed by atoms with Crippen LogP contribution in [-0.2, 0) is 4.79 Å². The van der Waals surface area contributed by atoms with Crippen molar-refractivity contribution in [2.45, 2.75) is 33.7 Å². The van der Waals surface area contributed by atoms with E-state index >= 15 is 0 Å². The van der Waals surface area contributed by atoms with Crippen molar-refractivity contribution in [2.75, 3.05) is 37.6 Å². The summed E-state index contributed by atoms with van der Waals surface area (Å²) in [5.74, 6) is 0.115. The Morgan fingerprint density at radius 1 is 1.30 bits per heavy atom. The van der Waals surface area contributed by atoms with E-state index in [2.05, 4.69) is 32.2 Å². The molecule has 1 aromatic rings. The summed E-state index contributed by atoms with van der Waals surface area (Å²) in [6, 6.07) is 0.208. The summed E-state index contributed by atoms with van der Waals surface area (Å²) < 4.78 is 0. The minimum atomic E-state index is 0.115. The van der Waals surface area contributed by atoms with E-state index in [-0.39, 0.29) is 11.9 Å². The van der Waals surface area contributed by atoms with Crippen molar-refractivity contribution in [2.24, 2.45) is 0 Å². The predicted molar refractivity (Wildman–Crippen MR) is 80.0 cm³/mol. The van der Waals surface area contributed by atoms with Crippen molar-refractivity contribution in [3.05, 3.63) is 11.4 Å². The van der Waals surface area contributed by atoms with Crippen LogP contribution < -0.4 is 10.2 Å². The number of piperazine rings is 1. The molecule has 2 heterocycles. The zero-order valence-electron chi connectivity index (χ0n) is 12.9. The van der Waals surface area contributed by atoms with Gasteiger partial charge in [0.1, 0.15) is 0 Å². The van der Waals surface area contributed by atoms with Crippen molar-refractivity contribution >= 4 is 11.6 Å². The SMILES string of the molecule is Cc1n[nH]c(C)c1N1CCN(CC(=O)NC(C)C)CC1. The normalized spacial score (nSPS) is 16.8. The van der Waals surface area contributed by atoms with Crippen molar-refractivity contribution in [3.8, 4) is 0 Å². The van der Waals surface area contributed by atoms with Crippen molar-refractivity contribution in [1.82, 2.24) is 20.4 Å². The largest absolute Gasteiger partial charge is 0.366 e. The number of carbonyl (C=O) groups is 1. The fourth-order valence-electron chi connectivity index (χ4n) is 2.71. The highest BCUT2D eigenvalue weighted by atomic mass is 16.2. The van der Waals surface area contributed by atoms with Gasteiger partial charge in [-0.15, -0.1) is 0 Å². The van der Waals surface area contributed by atoms with Crippen LogP contribution in [0.1, 0.15) is 25.2 Å². The first-order valence-corrected chi connectivity index (χ1v) is 7.25. The molecule has 0 aliphatic carbocycles. The molecule has 6 nitrogen and oxygen atoms in total. The third-order valence-corrected chi connectivity index (χ3v) is 3.59. The molecule has 1 amide bonds. The number of aromatic nitrogens is 2. The summed E-state index contributed by atoms with van der Waals surface area (Å²) in [4.78, 5) is 16.3. The molecule has 0 aromatic carbocycles. The highest BCUT2D eigenvalue weighted by Gasteiger charge is 2.22. The van der Waals surface area contributed by atoms with Gasteiger partial charge in [-0.3, -0.25) is 14.8 Å². The van der Waals surface area contributed by atoms with E-state index in [1.807, 2.05) is 20.8 Å². The van der Waals surface area contributed by atoms with Gasteiger partial charge >= 0.3 is 0 Å². The second-order valence-electron chi connectivity index (χ2n) is 5.77. The molecule has 6 heteroatoms. The maximum atomic E-state index is 11.8. The highest BCUT2D eigenvalue weighted by Crippen LogP contribution is 2.23. The van der Waals surface area contributed by atoms with Crippen LogP contribution in [0.25, 0.3) is 0 Å². The third kappa shape index (κ3) is 3.50. The number of carbonyl (C=O) groups excluding carboxylic acids is 1. The Bertz CT molecular complexity index is 441. The Hall–Kier alpha value is -1.56. The van der Waals surface area contributed by atoms with E-state index in [1.54, 1.807) is 0 Å². The first-order valence-electron chi connectivity index (χ1n) is 7.25. The van der Waals surface area contributed by atoms with E-state index in [4.69, 9.17) is 0 Å². The van der Waals surface area contributed by atoms with Gasteiger partial charge in [0.05, 0.1) is 23.6 Å². The maximum absolute atomic E-state index is 11.8. The fraction of sp³-hybridized carbons (Fsp3) is 0.714. The number of nitrogens with zero attached hydrogens (tertiary/aromatic N) is 3. The molecule has 112 valence electrons. The molecule has 1 saturated heterocycles. The summed E-state index contributed by atoms with van der Waals surface area (Å²) in [6.45, 7) is 12.3. The molecule has 0 radical (unpaired) electrons. The lowest BCUT2D eigenvalue weighted by Gasteiger charge is -2.35. The van der Waals surface area contributed by atoms with Gasteiger partial charge in [0, 0.05) is 32.2 Å². The number of hydrogen-bond donors (Lipinski definition) is 2. The molecular formula is C14H25N5O. The van der Waals surface area contributed by atoms with Gasteiger partial charge in [0.15, 0.2) is 0 Å². The number of nitrogens with one attached hydrogen (secondary N) is 2. The number of anilines is 1. The smallest absolute Gasteiger partial charge is 0.234 e. The first-order chi connectivity index (χ1) is 9.47. The van der Waals surface area contributed by atoms with Gasteiger partial charge in [-0.1, -0.05) is 0 Å². The van der Waals surface area contributed by atoms with Crippen LogP contribution in [0.4, 0.5) is 5.69 Å². The van der Waals surface area contributed by atoms with Gasteiger partial charge in [-0.25, -0.2) is 0 Å². The zero-order chi connectivity index (χ0) is 14.7. The lowest BCUT2D eigenvalue weighted by Crippen LogP contribution is -2.50. The summed E-state index contributed by atoms with van der Waals surface area (Å²) in [5, 5.41) is 10.2. The van der Waals surface area contributed by atoms with Crippen LogP contribution in [0.5, 0.6) is 0 Å². The molecule has 20 heavy (non-hydrogen) atoms. The molecule has 2 N–H and O–H groups in total. The number of H-pyrrole nitrogens is 1. The number of hydrogen-bond acceptors (Lipinski definition) is 4. The van der Waals surface area contributed by atoms with Gasteiger partial charge in [0.25, 0.3) is 0 Å². The lowest BCUT2D eigenvalue weighted by molar-refractivity contribution is -0.122. The second-order valence-corrected chi connectivity index (χ2v) is 5.77. The number of rotatable bonds is 4. The van der Waals surface area contributed by atoms with Crippen LogP contribution in [0.15, 0.2) is 0 Å². The number of amides is 1. The Labute approximate surface area is 120 Å². The first kappa shape index (κ1) is 14.8. The molecular weight excluding hydrogens is 254 g/mol. The molecule has 1 aliphatic rings. The average molecular weight is 279 g/mol. The molecule has 0 bridgehead atoms. The van der Waals surface area contributed by atoms with Crippen LogP contribution in [-0.4, -0.2) is 59.8 Å². The summed E-state index contributed by atoms with van der Waals surface area (Å²) >= 11 is 0. The molecule has 0 atom stereocenters. The summed E-state index contributed by atoms with van der Waals surface area (Å²) in [6.07, 6.45) is 0. The Morgan fingerprint density at radius 3 is 2.45 bits per heavy atom. The van der Waals surface area contributed by atoms with E-state index in [0.717, 1.165) is 37.6 Å². The monoisotopic (exact) mass is 279 g/mol. The Balaban J connectivity index is 1.85. The Kier molecular flexibility index (Phi) is 4.65. The Morgan fingerprint density at radius 2 is 1.95 bits per heavy atom. The standard InChI is InChI=1S/C14H25N5O/c1-10(2)15-13(20)9-18-5-7-19(8-6-18)14-11(3)16-17-12(14)4/h10H,5-9H2,1-4H3,(H,15,20)(H,16,17). The van der Waals surface area contributed by atoms with Crippen LogP contribution in [0.2, 0.25) is 0 Å². The van der Waals surface area contributed by atoms with Crippen LogP contribution >= 0.6 is 0 Å². The quantitative estimate of drug-likeness (QED) is 0.850. The second kappa shape index (κ2) is 6.26. The molecule has 1 aromatic heterocycles. The van der Waals surface area contributed by atoms with E-state index in [1.165, 1.54) is 5.69 Å². The van der Waals surface area contributed by atoms with Gasteiger partial charge in [-0.05, 0) is 27.7 Å². The minimum Gasteiger partial charge on any atom is -0.366 e. The van der Waals surface area contributed by atoms with Crippen molar-refractivity contribution < 1.29 is 4.79 Å². The van der Waals surface area contributed by atoms with Gasteiger partial charge in [0.2, 0.25) is 5.91 Å². The number of aromatic amines is 1. The molecule has 2 rings (SSSR count). The average Bonchev–Trinajstić information content (AvgIpc) is 2.69. The maximum Gasteiger partial charge on any atom is 0.234 e. The summed E-state index contributed by atoms with van der Waals surface area (Å²) in [5.41, 5.74) is 3.39. The van der Waals surface area contributed by atoms with E-state index < -0.39 is 0 Å². The van der Waals surface area contributed by atoms with Gasteiger partial charge < -0.3 is 10.2 Å². The molecule has 1 aliphatic heterocycles. The lowest BCUT2D eigenvalue weighted by atomic mass is 10.2. The molecule has 0 saturated carbocycles. The minimum absolute atomic E-state index is 0.115. The van der Waals surface area contributed by atoms with Gasteiger partial charge in [-0.2, -0.15) is 5.10 Å². The zero-order valence-corrected chi connectivity index (χ0v) is 12.9. The van der Waals surface area contributed by atoms with Crippen LogP contribution in [0, 0.1) is 13.8 Å². The molecule has 1 fully saturated rings. The van der Waals surface area contributed by atoms with E-state index in [9.17, 15) is 4.79 Å². The van der Waals surface area contributed by atoms with E-state index in [0.29, 0.717) is 6.54 Å². The third-order valence-electron chi connectivity index (χ3n) is 3.59. The molecule has 0 spiro atoms. The molecule has 0 unspecified atom stereocenters. The van der Waals surface area contributed by atoms with Crippen LogP contribution in [0.3, 0.4) is 0 Å².